The maximum absolute atomic E-state index is 11.4. The van der Waals surface area contributed by atoms with Crippen molar-refractivity contribution in [1.29, 1.82) is 0 Å². The second kappa shape index (κ2) is 5.21. The van der Waals surface area contributed by atoms with Gasteiger partial charge >= 0.3 is 0 Å². The van der Waals surface area contributed by atoms with Crippen LogP contribution in [0.3, 0.4) is 0 Å². The number of rotatable bonds is 3. The van der Waals surface area contributed by atoms with E-state index >= 15 is 0 Å². The number of carbonyl (C=O) groups excluding carboxylic acids is 1. The van der Waals surface area contributed by atoms with Gasteiger partial charge in [-0.05, 0) is 43.5 Å². The quantitative estimate of drug-likeness (QED) is 0.868. The van der Waals surface area contributed by atoms with Gasteiger partial charge in [0.1, 0.15) is 9.84 Å². The third-order valence-electron chi connectivity index (χ3n) is 3.43. The van der Waals surface area contributed by atoms with Gasteiger partial charge in [0.05, 0.1) is 11.5 Å². The van der Waals surface area contributed by atoms with Crippen molar-refractivity contribution in [2.45, 2.75) is 25.8 Å². The minimum atomic E-state index is -2.84. The van der Waals surface area contributed by atoms with Crippen molar-refractivity contribution in [3.8, 4) is 0 Å². The van der Waals surface area contributed by atoms with Crippen LogP contribution in [-0.4, -0.2) is 31.9 Å². The van der Waals surface area contributed by atoms with E-state index in [0.717, 1.165) is 11.3 Å². The van der Waals surface area contributed by atoms with Crippen LogP contribution in [-0.2, 0) is 9.84 Å². The van der Waals surface area contributed by atoms with Crippen LogP contribution in [0.15, 0.2) is 18.2 Å². The van der Waals surface area contributed by atoms with Crippen molar-refractivity contribution in [1.82, 2.24) is 0 Å². The number of benzene rings is 1. The van der Waals surface area contributed by atoms with E-state index in [9.17, 15) is 13.2 Å². The molecule has 3 N–H and O–H groups in total. The molecule has 0 aromatic heterocycles. The Bertz CT molecular complexity index is 582. The van der Waals surface area contributed by atoms with E-state index in [1.54, 1.807) is 12.1 Å². The standard InChI is InChI=1S/C13H18N2O3S/c1-9-8-10(13(14)16)2-3-12(9)15-11-4-6-19(17,18)7-5-11/h2-3,8,11,15H,4-7H2,1H3,(H2,14,16). The van der Waals surface area contributed by atoms with E-state index < -0.39 is 15.7 Å². The molecule has 1 aromatic carbocycles. The number of aryl methyl sites for hydroxylation is 1. The van der Waals surface area contributed by atoms with Crippen molar-refractivity contribution in [3.63, 3.8) is 0 Å². The molecule has 0 bridgehead atoms. The SMILES string of the molecule is Cc1cc(C(N)=O)ccc1NC1CCS(=O)(=O)CC1. The largest absolute Gasteiger partial charge is 0.382 e. The summed E-state index contributed by atoms with van der Waals surface area (Å²) in [7, 11) is -2.84. The lowest BCUT2D eigenvalue weighted by molar-refractivity contribution is 0.1000. The number of sulfone groups is 1. The maximum atomic E-state index is 11.4. The Labute approximate surface area is 113 Å². The van der Waals surface area contributed by atoms with E-state index in [4.69, 9.17) is 5.73 Å². The van der Waals surface area contributed by atoms with Gasteiger partial charge in [-0.2, -0.15) is 0 Å². The lowest BCUT2D eigenvalue weighted by Crippen LogP contribution is -2.32. The highest BCUT2D eigenvalue weighted by Crippen LogP contribution is 2.21. The van der Waals surface area contributed by atoms with Crippen LogP contribution in [0, 0.1) is 6.92 Å². The van der Waals surface area contributed by atoms with E-state index in [-0.39, 0.29) is 17.5 Å². The van der Waals surface area contributed by atoms with Crippen molar-refractivity contribution < 1.29 is 13.2 Å². The molecular formula is C13H18N2O3S. The summed E-state index contributed by atoms with van der Waals surface area (Å²) in [5.41, 5.74) is 7.56. The molecule has 2 rings (SSSR count). The highest BCUT2D eigenvalue weighted by Gasteiger charge is 2.23. The molecule has 1 aliphatic rings. The Balaban J connectivity index is 2.06. The first-order chi connectivity index (χ1) is 8.87. The summed E-state index contributed by atoms with van der Waals surface area (Å²) in [5, 5.41) is 3.34. The molecule has 0 saturated carbocycles. The predicted molar refractivity (Wildman–Crippen MR) is 75.0 cm³/mol. The van der Waals surface area contributed by atoms with Crippen molar-refractivity contribution >= 4 is 21.4 Å². The number of hydrogen-bond donors (Lipinski definition) is 2. The van der Waals surface area contributed by atoms with Gasteiger partial charge < -0.3 is 11.1 Å². The van der Waals surface area contributed by atoms with Crippen molar-refractivity contribution in [3.05, 3.63) is 29.3 Å². The zero-order valence-corrected chi connectivity index (χ0v) is 11.7. The Hall–Kier alpha value is -1.56. The van der Waals surface area contributed by atoms with E-state index in [2.05, 4.69) is 5.32 Å². The first-order valence-corrected chi connectivity index (χ1v) is 8.07. The summed E-state index contributed by atoms with van der Waals surface area (Å²) in [5.74, 6) is 0.0324. The third-order valence-corrected chi connectivity index (χ3v) is 5.14. The molecule has 1 saturated heterocycles. The van der Waals surface area contributed by atoms with Crippen LogP contribution >= 0.6 is 0 Å². The van der Waals surface area contributed by atoms with E-state index in [1.165, 1.54) is 0 Å². The van der Waals surface area contributed by atoms with Gasteiger partial charge in [0, 0.05) is 17.3 Å². The summed E-state index contributed by atoms with van der Waals surface area (Å²) in [6, 6.07) is 5.40. The molecule has 19 heavy (non-hydrogen) atoms. The fraction of sp³-hybridized carbons (Fsp3) is 0.462. The monoisotopic (exact) mass is 282 g/mol. The second-order valence-electron chi connectivity index (χ2n) is 4.96. The summed E-state index contributed by atoms with van der Waals surface area (Å²) in [4.78, 5) is 11.1. The van der Waals surface area contributed by atoms with Gasteiger partial charge in [0.2, 0.25) is 5.91 Å². The Kier molecular flexibility index (Phi) is 3.80. The normalized spacial score (nSPS) is 19.0. The first-order valence-electron chi connectivity index (χ1n) is 6.25. The molecule has 1 aliphatic heterocycles. The van der Waals surface area contributed by atoms with Crippen LogP contribution in [0.1, 0.15) is 28.8 Å². The molecule has 104 valence electrons. The third kappa shape index (κ3) is 3.47. The van der Waals surface area contributed by atoms with E-state index in [1.807, 2.05) is 13.0 Å². The molecule has 0 aliphatic carbocycles. The molecule has 0 radical (unpaired) electrons. The lowest BCUT2D eigenvalue weighted by Gasteiger charge is -2.25. The molecule has 1 heterocycles. The van der Waals surface area contributed by atoms with Crippen LogP contribution < -0.4 is 11.1 Å². The smallest absolute Gasteiger partial charge is 0.248 e. The fourth-order valence-corrected chi connectivity index (χ4v) is 3.72. The van der Waals surface area contributed by atoms with Gasteiger partial charge in [-0.1, -0.05) is 0 Å². The van der Waals surface area contributed by atoms with Crippen LogP contribution in [0.2, 0.25) is 0 Å². The number of carbonyl (C=O) groups is 1. The summed E-state index contributed by atoms with van der Waals surface area (Å²) in [6.07, 6.45) is 1.25. The van der Waals surface area contributed by atoms with Crippen LogP contribution in [0.25, 0.3) is 0 Å². The minimum Gasteiger partial charge on any atom is -0.382 e. The number of anilines is 1. The number of amides is 1. The van der Waals surface area contributed by atoms with Crippen molar-refractivity contribution in [2.24, 2.45) is 5.73 Å². The fourth-order valence-electron chi connectivity index (χ4n) is 2.23. The number of nitrogens with one attached hydrogen (secondary N) is 1. The molecule has 1 fully saturated rings. The number of primary amides is 1. The molecule has 6 heteroatoms. The molecule has 1 amide bonds. The Morgan fingerprint density at radius 3 is 2.47 bits per heavy atom. The Morgan fingerprint density at radius 2 is 1.95 bits per heavy atom. The number of hydrogen-bond acceptors (Lipinski definition) is 4. The molecular weight excluding hydrogens is 264 g/mol. The topological polar surface area (TPSA) is 89.3 Å². The lowest BCUT2D eigenvalue weighted by atomic mass is 10.1. The summed E-state index contributed by atoms with van der Waals surface area (Å²) in [6.45, 7) is 1.90. The molecule has 0 spiro atoms. The van der Waals surface area contributed by atoms with Gasteiger partial charge in [0.15, 0.2) is 0 Å². The highest BCUT2D eigenvalue weighted by atomic mass is 32.2. The first kappa shape index (κ1) is 13.9. The van der Waals surface area contributed by atoms with Gasteiger partial charge in [-0.25, -0.2) is 8.42 Å². The van der Waals surface area contributed by atoms with Crippen molar-refractivity contribution in [2.75, 3.05) is 16.8 Å². The van der Waals surface area contributed by atoms with Crippen LogP contribution in [0.4, 0.5) is 5.69 Å². The molecule has 1 aromatic rings. The minimum absolute atomic E-state index is 0.168. The molecule has 5 nitrogen and oxygen atoms in total. The highest BCUT2D eigenvalue weighted by molar-refractivity contribution is 7.91. The molecule has 0 atom stereocenters. The number of nitrogens with two attached hydrogens (primary N) is 1. The van der Waals surface area contributed by atoms with E-state index in [0.29, 0.717) is 18.4 Å². The summed E-state index contributed by atoms with van der Waals surface area (Å²) >= 11 is 0. The average molecular weight is 282 g/mol. The van der Waals surface area contributed by atoms with Gasteiger partial charge in [-0.3, -0.25) is 4.79 Å². The zero-order chi connectivity index (χ0) is 14.0. The maximum Gasteiger partial charge on any atom is 0.248 e. The second-order valence-corrected chi connectivity index (χ2v) is 7.27. The molecule has 0 unspecified atom stereocenters. The van der Waals surface area contributed by atoms with Crippen LogP contribution in [0.5, 0.6) is 0 Å². The zero-order valence-electron chi connectivity index (χ0n) is 10.8. The average Bonchev–Trinajstić information content (AvgIpc) is 2.34. The summed E-state index contributed by atoms with van der Waals surface area (Å²) < 4.78 is 22.7. The van der Waals surface area contributed by atoms with Gasteiger partial charge in [0.25, 0.3) is 0 Å². The predicted octanol–water partition coefficient (Wildman–Crippen LogP) is 1.08. The van der Waals surface area contributed by atoms with Gasteiger partial charge in [-0.15, -0.1) is 0 Å². The Morgan fingerprint density at radius 1 is 1.32 bits per heavy atom.